The van der Waals surface area contributed by atoms with Crippen molar-refractivity contribution in [1.82, 2.24) is 0 Å². The number of hydrogen-bond donors (Lipinski definition) is 1. The Balaban J connectivity index is 2.36. The summed E-state index contributed by atoms with van der Waals surface area (Å²) in [6.07, 6.45) is 2.11. The standard InChI is InChI=1S/C8H14O3/c1-2-3-7-4-6(9)5-8(10)11-7/h6-7,9H,2-5H2,1H3. The number of carbonyl (C=O) groups is 1. The largest absolute Gasteiger partial charge is 0.462 e. The average molecular weight is 158 g/mol. The monoisotopic (exact) mass is 158 g/mol. The maximum absolute atomic E-state index is 10.8. The number of carbonyl (C=O) groups excluding carboxylic acids is 1. The van der Waals surface area contributed by atoms with E-state index in [1.807, 2.05) is 6.92 Å². The van der Waals surface area contributed by atoms with Crippen LogP contribution < -0.4 is 0 Å². The maximum Gasteiger partial charge on any atom is 0.308 e. The molecular formula is C8H14O3. The van der Waals surface area contributed by atoms with Crippen molar-refractivity contribution in [3.8, 4) is 0 Å². The lowest BCUT2D eigenvalue weighted by Crippen LogP contribution is -2.32. The molecule has 0 saturated carbocycles. The molecule has 1 aliphatic rings. The first-order chi connectivity index (χ1) is 5.22. The molecule has 64 valence electrons. The van der Waals surface area contributed by atoms with Gasteiger partial charge in [-0.05, 0) is 6.42 Å². The van der Waals surface area contributed by atoms with E-state index in [0.29, 0.717) is 6.42 Å². The van der Waals surface area contributed by atoms with Gasteiger partial charge in [0.2, 0.25) is 0 Å². The van der Waals surface area contributed by atoms with Crippen molar-refractivity contribution in [1.29, 1.82) is 0 Å². The summed E-state index contributed by atoms with van der Waals surface area (Å²) in [6.45, 7) is 2.04. The van der Waals surface area contributed by atoms with Crippen molar-refractivity contribution in [2.24, 2.45) is 0 Å². The molecule has 0 aliphatic carbocycles. The molecule has 1 rings (SSSR count). The molecule has 1 heterocycles. The zero-order valence-corrected chi connectivity index (χ0v) is 6.75. The van der Waals surface area contributed by atoms with E-state index in [1.165, 1.54) is 0 Å². The van der Waals surface area contributed by atoms with Crippen molar-refractivity contribution < 1.29 is 14.6 Å². The smallest absolute Gasteiger partial charge is 0.308 e. The minimum Gasteiger partial charge on any atom is -0.462 e. The van der Waals surface area contributed by atoms with Crippen LogP contribution in [-0.4, -0.2) is 23.3 Å². The van der Waals surface area contributed by atoms with E-state index >= 15 is 0 Å². The fraction of sp³-hybridized carbons (Fsp3) is 0.875. The first-order valence-electron chi connectivity index (χ1n) is 4.10. The van der Waals surface area contributed by atoms with Crippen molar-refractivity contribution >= 4 is 5.97 Å². The Labute approximate surface area is 66.4 Å². The highest BCUT2D eigenvalue weighted by molar-refractivity contribution is 5.70. The van der Waals surface area contributed by atoms with Gasteiger partial charge in [-0.2, -0.15) is 0 Å². The van der Waals surface area contributed by atoms with Gasteiger partial charge in [0.1, 0.15) is 6.10 Å². The number of aliphatic hydroxyl groups excluding tert-OH is 1. The second-order valence-electron chi connectivity index (χ2n) is 2.99. The molecule has 0 radical (unpaired) electrons. The summed E-state index contributed by atoms with van der Waals surface area (Å²) in [5, 5.41) is 9.18. The van der Waals surface area contributed by atoms with Gasteiger partial charge in [-0.25, -0.2) is 0 Å². The van der Waals surface area contributed by atoms with Crippen LogP contribution in [0.1, 0.15) is 32.6 Å². The van der Waals surface area contributed by atoms with Crippen LogP contribution in [0.4, 0.5) is 0 Å². The molecule has 3 nitrogen and oxygen atoms in total. The summed E-state index contributed by atoms with van der Waals surface area (Å²) in [7, 11) is 0. The SMILES string of the molecule is CCCC1CC(O)CC(=O)O1. The van der Waals surface area contributed by atoms with Gasteiger partial charge >= 0.3 is 5.97 Å². The van der Waals surface area contributed by atoms with Gasteiger partial charge in [0, 0.05) is 6.42 Å². The average Bonchev–Trinajstić information content (AvgIpc) is 1.85. The van der Waals surface area contributed by atoms with Gasteiger partial charge in [0.15, 0.2) is 0 Å². The van der Waals surface area contributed by atoms with Crippen LogP contribution >= 0.6 is 0 Å². The third-order valence-corrected chi connectivity index (χ3v) is 1.85. The fourth-order valence-electron chi connectivity index (χ4n) is 1.36. The molecule has 0 spiro atoms. The van der Waals surface area contributed by atoms with E-state index in [0.717, 1.165) is 12.8 Å². The zero-order chi connectivity index (χ0) is 8.27. The molecule has 1 aliphatic heterocycles. The highest BCUT2D eigenvalue weighted by Crippen LogP contribution is 2.18. The normalized spacial score (nSPS) is 31.6. The Kier molecular flexibility index (Phi) is 2.88. The summed E-state index contributed by atoms with van der Waals surface area (Å²) in [6, 6.07) is 0. The van der Waals surface area contributed by atoms with E-state index in [1.54, 1.807) is 0 Å². The Bertz CT molecular complexity index is 144. The number of aliphatic hydroxyl groups is 1. The van der Waals surface area contributed by atoms with Crippen molar-refractivity contribution in [2.75, 3.05) is 0 Å². The van der Waals surface area contributed by atoms with Crippen LogP contribution in [0, 0.1) is 0 Å². The van der Waals surface area contributed by atoms with Crippen molar-refractivity contribution in [2.45, 2.75) is 44.8 Å². The predicted octanol–water partition coefficient (Wildman–Crippen LogP) is 0.853. The van der Waals surface area contributed by atoms with Crippen LogP contribution in [0.15, 0.2) is 0 Å². The van der Waals surface area contributed by atoms with Gasteiger partial charge in [0.05, 0.1) is 12.5 Å². The zero-order valence-electron chi connectivity index (χ0n) is 6.75. The number of cyclic esters (lactones) is 1. The van der Waals surface area contributed by atoms with Gasteiger partial charge in [-0.1, -0.05) is 13.3 Å². The third kappa shape index (κ3) is 2.50. The molecule has 0 aromatic rings. The van der Waals surface area contributed by atoms with Crippen molar-refractivity contribution in [3.63, 3.8) is 0 Å². The topological polar surface area (TPSA) is 46.5 Å². The molecule has 1 saturated heterocycles. The van der Waals surface area contributed by atoms with Crippen LogP contribution in [0.5, 0.6) is 0 Å². The summed E-state index contributed by atoms with van der Waals surface area (Å²) >= 11 is 0. The predicted molar refractivity (Wildman–Crippen MR) is 40.0 cm³/mol. The summed E-state index contributed by atoms with van der Waals surface area (Å²) in [5.74, 6) is -0.262. The highest BCUT2D eigenvalue weighted by Gasteiger charge is 2.25. The van der Waals surface area contributed by atoms with Gasteiger partial charge in [-0.15, -0.1) is 0 Å². The number of hydrogen-bond acceptors (Lipinski definition) is 3. The molecule has 2 unspecified atom stereocenters. The lowest BCUT2D eigenvalue weighted by Gasteiger charge is -2.25. The number of esters is 1. The van der Waals surface area contributed by atoms with E-state index in [2.05, 4.69) is 0 Å². The van der Waals surface area contributed by atoms with Gasteiger partial charge in [-0.3, -0.25) is 4.79 Å². The summed E-state index contributed by atoms with van der Waals surface area (Å²) < 4.78 is 5.00. The molecule has 1 N–H and O–H groups in total. The summed E-state index contributed by atoms with van der Waals surface area (Å²) in [4.78, 5) is 10.8. The molecule has 0 aromatic heterocycles. The van der Waals surface area contributed by atoms with E-state index in [4.69, 9.17) is 4.74 Å². The Morgan fingerprint density at radius 1 is 1.73 bits per heavy atom. The molecule has 3 heteroatoms. The molecule has 0 aromatic carbocycles. The van der Waals surface area contributed by atoms with Crippen LogP contribution in [-0.2, 0) is 9.53 Å². The molecule has 11 heavy (non-hydrogen) atoms. The molecule has 0 amide bonds. The summed E-state index contributed by atoms with van der Waals surface area (Å²) in [5.41, 5.74) is 0. The molecule has 1 fully saturated rings. The van der Waals surface area contributed by atoms with E-state index in [9.17, 15) is 9.90 Å². The first kappa shape index (κ1) is 8.53. The van der Waals surface area contributed by atoms with Gasteiger partial charge in [0.25, 0.3) is 0 Å². The lowest BCUT2D eigenvalue weighted by atomic mass is 10.0. The van der Waals surface area contributed by atoms with Gasteiger partial charge < -0.3 is 9.84 Å². The fourth-order valence-corrected chi connectivity index (χ4v) is 1.36. The minimum atomic E-state index is -0.479. The molecular weight excluding hydrogens is 144 g/mol. The highest BCUT2D eigenvalue weighted by atomic mass is 16.5. The van der Waals surface area contributed by atoms with Crippen LogP contribution in [0.25, 0.3) is 0 Å². The maximum atomic E-state index is 10.8. The minimum absolute atomic E-state index is 0.0451. The Morgan fingerprint density at radius 2 is 2.45 bits per heavy atom. The third-order valence-electron chi connectivity index (χ3n) is 1.85. The quantitative estimate of drug-likeness (QED) is 0.606. The molecule has 2 atom stereocenters. The second-order valence-corrected chi connectivity index (χ2v) is 2.99. The van der Waals surface area contributed by atoms with E-state index in [-0.39, 0.29) is 18.5 Å². The lowest BCUT2D eigenvalue weighted by molar-refractivity contribution is -0.160. The number of ether oxygens (including phenoxy) is 1. The molecule has 0 bridgehead atoms. The first-order valence-corrected chi connectivity index (χ1v) is 4.10. The van der Waals surface area contributed by atoms with Crippen LogP contribution in [0.2, 0.25) is 0 Å². The second kappa shape index (κ2) is 3.72. The van der Waals surface area contributed by atoms with Crippen molar-refractivity contribution in [3.05, 3.63) is 0 Å². The Morgan fingerprint density at radius 3 is 3.00 bits per heavy atom. The number of rotatable bonds is 2. The van der Waals surface area contributed by atoms with Crippen LogP contribution in [0.3, 0.4) is 0 Å². The van der Waals surface area contributed by atoms with E-state index < -0.39 is 6.10 Å². The Hall–Kier alpha value is -0.570.